The summed E-state index contributed by atoms with van der Waals surface area (Å²) in [6.07, 6.45) is 0. The first-order chi connectivity index (χ1) is 10.2. The molecule has 3 aromatic rings. The monoisotopic (exact) mass is 297 g/mol. The van der Waals surface area contributed by atoms with E-state index in [4.69, 9.17) is 16.6 Å². The molecule has 106 valence electrons. The maximum Gasteiger partial charge on any atom is 0.0731 e. The van der Waals surface area contributed by atoms with E-state index in [2.05, 4.69) is 16.7 Å². The smallest absolute Gasteiger partial charge is 0.0731 e. The highest BCUT2D eigenvalue weighted by Gasteiger charge is 2.08. The van der Waals surface area contributed by atoms with Crippen molar-refractivity contribution in [2.75, 3.05) is 24.7 Å². The van der Waals surface area contributed by atoms with Crippen LogP contribution in [0.25, 0.3) is 22.2 Å². The first-order valence-corrected chi connectivity index (χ1v) is 7.15. The van der Waals surface area contributed by atoms with Gasteiger partial charge in [-0.05, 0) is 36.4 Å². The van der Waals surface area contributed by atoms with Gasteiger partial charge in [-0.3, -0.25) is 0 Å². The maximum absolute atomic E-state index is 6.07. The molecule has 0 aliphatic carbocycles. The molecule has 3 nitrogen and oxygen atoms in total. The lowest BCUT2D eigenvalue weighted by atomic mass is 10.1. The van der Waals surface area contributed by atoms with Crippen LogP contribution in [0.4, 0.5) is 11.4 Å². The molecule has 1 aromatic heterocycles. The quantitative estimate of drug-likeness (QED) is 0.739. The number of hydrogen-bond acceptors (Lipinski definition) is 3. The zero-order valence-electron chi connectivity index (χ0n) is 11.9. The minimum Gasteiger partial charge on any atom is -0.388 e. The number of fused-ring (bicyclic) bond motifs is 1. The number of pyridine rings is 1. The van der Waals surface area contributed by atoms with Crippen molar-refractivity contribution in [1.82, 2.24) is 4.98 Å². The Bertz CT molecular complexity index is 799. The number of halogens is 1. The molecule has 2 N–H and O–H groups in total. The molecule has 0 bridgehead atoms. The average molecular weight is 298 g/mol. The molecule has 0 radical (unpaired) electrons. The van der Waals surface area contributed by atoms with Crippen LogP contribution in [0.1, 0.15) is 0 Å². The number of hydrogen-bond donors (Lipinski definition) is 2. The fourth-order valence-electron chi connectivity index (χ4n) is 2.38. The van der Waals surface area contributed by atoms with Gasteiger partial charge in [-0.15, -0.1) is 0 Å². The molecule has 4 heteroatoms. The van der Waals surface area contributed by atoms with Crippen LogP contribution in [0.2, 0.25) is 5.02 Å². The maximum atomic E-state index is 6.07. The highest BCUT2D eigenvalue weighted by molar-refractivity contribution is 6.30. The second-order valence-corrected chi connectivity index (χ2v) is 5.23. The summed E-state index contributed by atoms with van der Waals surface area (Å²) in [5.41, 5.74) is 4.99. The third kappa shape index (κ3) is 2.65. The van der Waals surface area contributed by atoms with E-state index in [0.717, 1.165) is 33.5 Å². The fourth-order valence-corrected chi connectivity index (χ4v) is 2.57. The van der Waals surface area contributed by atoms with Crippen molar-refractivity contribution in [1.29, 1.82) is 0 Å². The number of benzene rings is 2. The van der Waals surface area contributed by atoms with Crippen molar-refractivity contribution in [3.63, 3.8) is 0 Å². The van der Waals surface area contributed by atoms with E-state index >= 15 is 0 Å². The number of anilines is 2. The third-order valence-corrected chi connectivity index (χ3v) is 3.72. The highest BCUT2D eigenvalue weighted by Crippen LogP contribution is 2.30. The van der Waals surface area contributed by atoms with Gasteiger partial charge in [0.05, 0.1) is 11.2 Å². The van der Waals surface area contributed by atoms with E-state index in [1.807, 2.05) is 56.6 Å². The van der Waals surface area contributed by atoms with Crippen LogP contribution in [0.3, 0.4) is 0 Å². The Morgan fingerprint density at radius 1 is 0.952 bits per heavy atom. The largest absolute Gasteiger partial charge is 0.388 e. The standard InChI is InChI=1S/C17H16ClN3/c1-19-13-6-7-15-14(9-13)17(20-2)10-16(21-15)11-4-3-5-12(18)8-11/h3-10,19H,1-2H3,(H,20,21). The van der Waals surface area contributed by atoms with Crippen molar-refractivity contribution >= 4 is 33.9 Å². The molecular weight excluding hydrogens is 282 g/mol. The lowest BCUT2D eigenvalue weighted by Crippen LogP contribution is -1.95. The van der Waals surface area contributed by atoms with Crippen molar-refractivity contribution in [2.24, 2.45) is 0 Å². The molecular formula is C17H16ClN3. The number of nitrogens with zero attached hydrogens (tertiary/aromatic N) is 1. The van der Waals surface area contributed by atoms with Gasteiger partial charge in [-0.2, -0.15) is 0 Å². The summed E-state index contributed by atoms with van der Waals surface area (Å²) in [5.74, 6) is 0. The van der Waals surface area contributed by atoms with Crippen LogP contribution in [0.5, 0.6) is 0 Å². The Morgan fingerprint density at radius 3 is 2.52 bits per heavy atom. The Hall–Kier alpha value is -2.26. The lowest BCUT2D eigenvalue weighted by Gasteiger charge is -2.11. The fraction of sp³-hybridized carbons (Fsp3) is 0.118. The van der Waals surface area contributed by atoms with Crippen molar-refractivity contribution in [3.05, 3.63) is 53.6 Å². The van der Waals surface area contributed by atoms with Gasteiger partial charge >= 0.3 is 0 Å². The molecule has 0 amide bonds. The molecule has 0 atom stereocenters. The average Bonchev–Trinajstić information content (AvgIpc) is 2.53. The number of rotatable bonds is 3. The second-order valence-electron chi connectivity index (χ2n) is 4.80. The van der Waals surface area contributed by atoms with E-state index in [0.29, 0.717) is 5.02 Å². The summed E-state index contributed by atoms with van der Waals surface area (Å²) < 4.78 is 0. The normalized spacial score (nSPS) is 10.6. The Kier molecular flexibility index (Phi) is 3.67. The van der Waals surface area contributed by atoms with E-state index in [-0.39, 0.29) is 0 Å². The van der Waals surface area contributed by atoms with Gasteiger partial charge in [0.1, 0.15) is 0 Å². The molecule has 0 saturated heterocycles. The van der Waals surface area contributed by atoms with Crippen LogP contribution in [0.15, 0.2) is 48.5 Å². The van der Waals surface area contributed by atoms with Gasteiger partial charge in [0.25, 0.3) is 0 Å². The lowest BCUT2D eigenvalue weighted by molar-refractivity contribution is 1.38. The minimum absolute atomic E-state index is 0.714. The van der Waals surface area contributed by atoms with Gasteiger partial charge < -0.3 is 10.6 Å². The van der Waals surface area contributed by atoms with Crippen molar-refractivity contribution in [3.8, 4) is 11.3 Å². The Balaban J connectivity index is 2.22. The summed E-state index contributed by atoms with van der Waals surface area (Å²) in [7, 11) is 3.83. The first kappa shape index (κ1) is 13.7. The summed E-state index contributed by atoms with van der Waals surface area (Å²) in [5, 5.41) is 8.20. The predicted octanol–water partition coefficient (Wildman–Crippen LogP) is 4.64. The SMILES string of the molecule is CNc1ccc2nc(-c3cccc(Cl)c3)cc(NC)c2c1. The summed E-state index contributed by atoms with van der Waals surface area (Å²) in [6.45, 7) is 0. The summed E-state index contributed by atoms with van der Waals surface area (Å²) in [4.78, 5) is 4.74. The number of nitrogens with one attached hydrogen (secondary N) is 2. The zero-order valence-corrected chi connectivity index (χ0v) is 12.7. The summed E-state index contributed by atoms with van der Waals surface area (Å²) >= 11 is 6.07. The van der Waals surface area contributed by atoms with Gasteiger partial charge in [0, 0.05) is 41.4 Å². The van der Waals surface area contributed by atoms with Crippen LogP contribution in [-0.2, 0) is 0 Å². The zero-order chi connectivity index (χ0) is 14.8. The topological polar surface area (TPSA) is 37.0 Å². The van der Waals surface area contributed by atoms with E-state index < -0.39 is 0 Å². The van der Waals surface area contributed by atoms with Crippen molar-refractivity contribution < 1.29 is 0 Å². The Morgan fingerprint density at radius 2 is 1.81 bits per heavy atom. The third-order valence-electron chi connectivity index (χ3n) is 3.49. The van der Waals surface area contributed by atoms with Gasteiger partial charge in [0.15, 0.2) is 0 Å². The van der Waals surface area contributed by atoms with Gasteiger partial charge in [0.2, 0.25) is 0 Å². The van der Waals surface area contributed by atoms with E-state index in [1.165, 1.54) is 0 Å². The minimum atomic E-state index is 0.714. The van der Waals surface area contributed by atoms with Crippen LogP contribution >= 0.6 is 11.6 Å². The molecule has 1 heterocycles. The Labute approximate surface area is 129 Å². The van der Waals surface area contributed by atoms with Gasteiger partial charge in [-0.25, -0.2) is 4.98 Å². The first-order valence-electron chi connectivity index (χ1n) is 6.77. The molecule has 0 saturated carbocycles. The molecule has 0 aliphatic rings. The molecule has 0 unspecified atom stereocenters. The van der Waals surface area contributed by atoms with Crippen LogP contribution < -0.4 is 10.6 Å². The molecule has 21 heavy (non-hydrogen) atoms. The molecule has 3 rings (SSSR count). The van der Waals surface area contributed by atoms with Crippen molar-refractivity contribution in [2.45, 2.75) is 0 Å². The molecule has 2 aromatic carbocycles. The number of aromatic nitrogens is 1. The van der Waals surface area contributed by atoms with Crippen LogP contribution in [-0.4, -0.2) is 19.1 Å². The molecule has 0 aliphatic heterocycles. The predicted molar refractivity (Wildman–Crippen MR) is 91.3 cm³/mol. The van der Waals surface area contributed by atoms with E-state index in [1.54, 1.807) is 0 Å². The van der Waals surface area contributed by atoms with E-state index in [9.17, 15) is 0 Å². The molecule has 0 spiro atoms. The highest BCUT2D eigenvalue weighted by atomic mass is 35.5. The van der Waals surface area contributed by atoms with Gasteiger partial charge in [-0.1, -0.05) is 23.7 Å². The summed E-state index contributed by atoms with van der Waals surface area (Å²) in [6, 6.07) is 15.9. The molecule has 0 fully saturated rings. The van der Waals surface area contributed by atoms with Crippen LogP contribution in [0, 0.1) is 0 Å². The second kappa shape index (κ2) is 5.62.